The van der Waals surface area contributed by atoms with Crippen LogP contribution in [0.4, 0.5) is 0 Å². The van der Waals surface area contributed by atoms with Crippen molar-refractivity contribution in [3.63, 3.8) is 0 Å². The van der Waals surface area contributed by atoms with Gasteiger partial charge in [-0.3, -0.25) is 9.89 Å². The highest BCUT2D eigenvalue weighted by Gasteiger charge is 2.15. The average Bonchev–Trinajstić information content (AvgIpc) is 2.74. The highest BCUT2D eigenvalue weighted by molar-refractivity contribution is 5.90. The Bertz CT molecular complexity index is 387. The smallest absolute Gasteiger partial charge is 0.291 e. The highest BCUT2D eigenvalue weighted by Crippen LogP contribution is 2.07. The fraction of sp³-hybridized carbons (Fsp3) is 0.750. The SMILES string of the molecule is CC(C)CC(O)CNC(=O)c1n[nH]c(C(C)C)n1. The largest absolute Gasteiger partial charge is 0.391 e. The van der Waals surface area contributed by atoms with Crippen molar-refractivity contribution in [1.82, 2.24) is 20.5 Å². The van der Waals surface area contributed by atoms with E-state index in [4.69, 9.17) is 0 Å². The molecular weight excluding hydrogens is 232 g/mol. The summed E-state index contributed by atoms with van der Waals surface area (Å²) in [6.45, 7) is 8.20. The minimum Gasteiger partial charge on any atom is -0.391 e. The predicted molar refractivity (Wildman–Crippen MR) is 68.3 cm³/mol. The van der Waals surface area contributed by atoms with E-state index in [0.29, 0.717) is 18.2 Å². The maximum absolute atomic E-state index is 11.7. The quantitative estimate of drug-likeness (QED) is 0.708. The number of carbonyl (C=O) groups is 1. The molecule has 1 unspecified atom stereocenters. The minimum absolute atomic E-state index is 0.121. The molecule has 0 aliphatic heterocycles. The number of aromatic amines is 1. The third kappa shape index (κ3) is 4.44. The molecule has 1 aromatic heterocycles. The Morgan fingerprint density at radius 2 is 2.06 bits per heavy atom. The number of aliphatic hydroxyl groups excluding tert-OH is 1. The number of carbonyl (C=O) groups excluding carboxylic acids is 1. The van der Waals surface area contributed by atoms with Crippen LogP contribution in [0.15, 0.2) is 0 Å². The number of nitrogens with one attached hydrogen (secondary N) is 2. The second-order valence-corrected chi connectivity index (χ2v) is 5.19. The summed E-state index contributed by atoms with van der Waals surface area (Å²) >= 11 is 0. The molecule has 0 spiro atoms. The van der Waals surface area contributed by atoms with E-state index in [1.54, 1.807) is 0 Å². The number of rotatable bonds is 6. The minimum atomic E-state index is -0.530. The molecule has 1 rings (SSSR count). The van der Waals surface area contributed by atoms with Crippen LogP contribution in [-0.4, -0.2) is 38.8 Å². The lowest BCUT2D eigenvalue weighted by atomic mass is 10.1. The first-order chi connectivity index (χ1) is 8.40. The van der Waals surface area contributed by atoms with Crippen molar-refractivity contribution in [1.29, 1.82) is 0 Å². The van der Waals surface area contributed by atoms with E-state index in [9.17, 15) is 9.90 Å². The molecule has 18 heavy (non-hydrogen) atoms. The standard InChI is InChI=1S/C12H22N4O2/c1-7(2)5-9(17)6-13-12(18)11-14-10(8(3)4)15-16-11/h7-9,17H,5-6H2,1-4H3,(H,13,18)(H,14,15,16). The van der Waals surface area contributed by atoms with Gasteiger partial charge < -0.3 is 10.4 Å². The van der Waals surface area contributed by atoms with E-state index in [0.717, 1.165) is 0 Å². The number of aliphatic hydroxyl groups is 1. The molecule has 0 saturated heterocycles. The van der Waals surface area contributed by atoms with Gasteiger partial charge in [-0.1, -0.05) is 27.7 Å². The lowest BCUT2D eigenvalue weighted by Crippen LogP contribution is -2.33. The van der Waals surface area contributed by atoms with Crippen LogP contribution in [0, 0.1) is 5.92 Å². The first-order valence-corrected chi connectivity index (χ1v) is 6.28. The van der Waals surface area contributed by atoms with Crippen molar-refractivity contribution in [2.45, 2.75) is 46.1 Å². The summed E-state index contributed by atoms with van der Waals surface area (Å²) in [5, 5.41) is 18.8. The zero-order valence-corrected chi connectivity index (χ0v) is 11.4. The maximum atomic E-state index is 11.7. The molecule has 0 aliphatic rings. The van der Waals surface area contributed by atoms with Gasteiger partial charge in [-0.25, -0.2) is 4.98 Å². The number of aromatic nitrogens is 3. The molecule has 1 atom stereocenters. The van der Waals surface area contributed by atoms with Crippen molar-refractivity contribution in [2.24, 2.45) is 5.92 Å². The first kappa shape index (κ1) is 14.6. The van der Waals surface area contributed by atoms with Crippen LogP contribution in [0.5, 0.6) is 0 Å². The van der Waals surface area contributed by atoms with Gasteiger partial charge in [0.1, 0.15) is 5.82 Å². The third-order valence-electron chi connectivity index (χ3n) is 2.49. The van der Waals surface area contributed by atoms with Crippen LogP contribution in [0.2, 0.25) is 0 Å². The Morgan fingerprint density at radius 1 is 1.39 bits per heavy atom. The molecule has 1 aromatic rings. The third-order valence-corrected chi connectivity index (χ3v) is 2.49. The molecule has 6 nitrogen and oxygen atoms in total. The Balaban J connectivity index is 2.45. The van der Waals surface area contributed by atoms with Gasteiger partial charge in [-0.2, -0.15) is 0 Å². The van der Waals surface area contributed by atoms with Gasteiger partial charge in [-0.15, -0.1) is 5.10 Å². The topological polar surface area (TPSA) is 90.9 Å². The molecule has 0 fully saturated rings. The summed E-state index contributed by atoms with van der Waals surface area (Å²) in [5.74, 6) is 1.04. The maximum Gasteiger partial charge on any atom is 0.291 e. The van der Waals surface area contributed by atoms with Crippen LogP contribution in [0.1, 0.15) is 56.5 Å². The molecule has 1 heterocycles. The van der Waals surface area contributed by atoms with Crippen molar-refractivity contribution >= 4 is 5.91 Å². The van der Waals surface area contributed by atoms with Gasteiger partial charge in [-0.05, 0) is 12.3 Å². The summed E-state index contributed by atoms with van der Waals surface area (Å²) in [5.41, 5.74) is 0. The Kier molecular flexibility index (Phi) is 5.27. The molecule has 0 bridgehead atoms. The second kappa shape index (κ2) is 6.49. The van der Waals surface area contributed by atoms with Crippen LogP contribution >= 0.6 is 0 Å². The number of nitrogens with zero attached hydrogens (tertiary/aromatic N) is 2. The highest BCUT2D eigenvalue weighted by atomic mass is 16.3. The monoisotopic (exact) mass is 254 g/mol. The average molecular weight is 254 g/mol. The molecule has 0 radical (unpaired) electrons. The summed E-state index contributed by atoms with van der Waals surface area (Å²) in [4.78, 5) is 15.8. The molecule has 0 saturated carbocycles. The summed E-state index contributed by atoms with van der Waals surface area (Å²) in [7, 11) is 0. The van der Waals surface area contributed by atoms with Gasteiger partial charge in [0.25, 0.3) is 5.91 Å². The fourth-order valence-corrected chi connectivity index (χ4v) is 1.55. The van der Waals surface area contributed by atoms with Gasteiger partial charge in [0.15, 0.2) is 0 Å². The molecule has 3 N–H and O–H groups in total. The first-order valence-electron chi connectivity index (χ1n) is 6.28. The van der Waals surface area contributed by atoms with Crippen molar-refractivity contribution in [2.75, 3.05) is 6.54 Å². The number of amides is 1. The Morgan fingerprint density at radius 3 is 2.56 bits per heavy atom. The molecule has 6 heteroatoms. The van der Waals surface area contributed by atoms with Crippen LogP contribution in [0.25, 0.3) is 0 Å². The fourth-order valence-electron chi connectivity index (χ4n) is 1.55. The van der Waals surface area contributed by atoms with Crippen LogP contribution in [0.3, 0.4) is 0 Å². The van der Waals surface area contributed by atoms with Gasteiger partial charge >= 0.3 is 0 Å². The van der Waals surface area contributed by atoms with Gasteiger partial charge in [0, 0.05) is 12.5 Å². The molecule has 102 valence electrons. The Hall–Kier alpha value is -1.43. The van der Waals surface area contributed by atoms with E-state index in [2.05, 4.69) is 20.5 Å². The van der Waals surface area contributed by atoms with E-state index in [-0.39, 0.29) is 24.2 Å². The van der Waals surface area contributed by atoms with Gasteiger partial charge in [0.05, 0.1) is 6.10 Å². The van der Waals surface area contributed by atoms with Crippen LogP contribution in [-0.2, 0) is 0 Å². The van der Waals surface area contributed by atoms with E-state index >= 15 is 0 Å². The number of hydrogen-bond acceptors (Lipinski definition) is 4. The lowest BCUT2D eigenvalue weighted by molar-refractivity contribution is 0.0890. The van der Waals surface area contributed by atoms with Crippen molar-refractivity contribution in [3.8, 4) is 0 Å². The molecular formula is C12H22N4O2. The van der Waals surface area contributed by atoms with Gasteiger partial charge in [0.2, 0.25) is 5.82 Å². The van der Waals surface area contributed by atoms with E-state index < -0.39 is 6.10 Å². The summed E-state index contributed by atoms with van der Waals surface area (Å²) in [6, 6.07) is 0. The second-order valence-electron chi connectivity index (χ2n) is 5.19. The summed E-state index contributed by atoms with van der Waals surface area (Å²) in [6.07, 6.45) is 0.128. The Labute approximate surface area is 107 Å². The van der Waals surface area contributed by atoms with Crippen molar-refractivity contribution < 1.29 is 9.90 Å². The number of H-pyrrole nitrogens is 1. The zero-order valence-electron chi connectivity index (χ0n) is 11.4. The van der Waals surface area contributed by atoms with E-state index in [1.807, 2.05) is 27.7 Å². The zero-order chi connectivity index (χ0) is 13.7. The molecule has 0 aliphatic carbocycles. The van der Waals surface area contributed by atoms with Crippen molar-refractivity contribution in [3.05, 3.63) is 11.6 Å². The summed E-state index contributed by atoms with van der Waals surface area (Å²) < 4.78 is 0. The van der Waals surface area contributed by atoms with Crippen LogP contribution < -0.4 is 5.32 Å². The normalized spacial score (nSPS) is 13.1. The van der Waals surface area contributed by atoms with E-state index in [1.165, 1.54) is 0 Å². The molecule has 1 amide bonds. The lowest BCUT2D eigenvalue weighted by Gasteiger charge is -2.12. The number of hydrogen-bond donors (Lipinski definition) is 3. The predicted octanol–water partition coefficient (Wildman–Crippen LogP) is 1.06. The molecule has 0 aromatic carbocycles.